The van der Waals surface area contributed by atoms with Crippen LogP contribution in [0.4, 0.5) is 0 Å². The number of aliphatic carboxylic acids is 1. The van der Waals surface area contributed by atoms with Crippen molar-refractivity contribution in [2.24, 2.45) is 11.8 Å². The first-order chi connectivity index (χ1) is 37.9. The highest BCUT2D eigenvalue weighted by Crippen LogP contribution is 2.36. The molecule has 8 N–H and O–H groups in total. The summed E-state index contributed by atoms with van der Waals surface area (Å²) in [6.07, 6.45) is 2.24. The molecule has 4 aromatic carbocycles. The van der Waals surface area contributed by atoms with Gasteiger partial charge in [-0.3, -0.25) is 14.4 Å². The minimum atomic E-state index is -1.82. The molecule has 2 heterocycles. The summed E-state index contributed by atoms with van der Waals surface area (Å²) in [5.74, 6) is -3.37. The van der Waals surface area contributed by atoms with Crippen LogP contribution in [0.3, 0.4) is 0 Å². The topological polar surface area (TPSA) is 321 Å². The molecule has 0 aromatic heterocycles. The Balaban J connectivity index is 0.000000295. The Morgan fingerprint density at radius 3 is 1.38 bits per heavy atom. The maximum absolute atomic E-state index is 12.3. The van der Waals surface area contributed by atoms with Gasteiger partial charge in [0.2, 0.25) is 12.6 Å². The van der Waals surface area contributed by atoms with E-state index in [0.29, 0.717) is 28.0 Å². The minimum absolute atomic E-state index is 0.0107. The molecule has 0 unspecified atom stereocenters. The van der Waals surface area contributed by atoms with Gasteiger partial charge in [-0.05, 0) is 126 Å². The van der Waals surface area contributed by atoms with Gasteiger partial charge in [0.15, 0.2) is 52.9 Å². The predicted molar refractivity (Wildman–Crippen MR) is 289 cm³/mol. The van der Waals surface area contributed by atoms with E-state index in [1.165, 1.54) is 89.0 Å². The first-order valence-corrected chi connectivity index (χ1v) is 24.7. The van der Waals surface area contributed by atoms with Gasteiger partial charge in [-0.25, -0.2) is 9.59 Å². The average Bonchev–Trinajstić information content (AvgIpc) is 3.43. The largest absolute Gasteiger partial charge is 0.508 e. The van der Waals surface area contributed by atoms with E-state index in [9.17, 15) is 59.7 Å². The van der Waals surface area contributed by atoms with Gasteiger partial charge < -0.3 is 78.7 Å². The Kier molecular flexibility index (Phi) is 22.3. The van der Waals surface area contributed by atoms with E-state index in [1.807, 2.05) is 20.8 Å². The molecule has 2 saturated heterocycles. The molecule has 0 radical (unpaired) electrons. The van der Waals surface area contributed by atoms with Crippen molar-refractivity contribution < 1.29 is 103 Å². The normalized spacial score (nSPS) is 23.3. The molecule has 0 spiro atoms. The van der Waals surface area contributed by atoms with Crippen molar-refractivity contribution in [3.8, 4) is 34.5 Å². The fourth-order valence-corrected chi connectivity index (χ4v) is 8.02. The molecule has 21 nitrogen and oxygen atoms in total. The Bertz CT molecular complexity index is 3060. The number of methoxy groups -OCH3 is 3. The van der Waals surface area contributed by atoms with Crippen LogP contribution in [0.2, 0.25) is 0 Å². The van der Waals surface area contributed by atoms with Crippen LogP contribution in [0.15, 0.2) is 121 Å². The van der Waals surface area contributed by atoms with Gasteiger partial charge in [-0.15, -0.1) is 0 Å². The lowest BCUT2D eigenvalue weighted by Gasteiger charge is -2.42. The number of aliphatic hydroxyl groups excluding tert-OH is 5. The van der Waals surface area contributed by atoms with E-state index < -0.39 is 78.7 Å². The van der Waals surface area contributed by atoms with E-state index in [4.69, 9.17) is 43.0 Å². The maximum Gasteiger partial charge on any atom is 0.335 e. The molecule has 6 rings (SSSR count). The summed E-state index contributed by atoms with van der Waals surface area (Å²) in [4.78, 5) is 59.7. The number of carboxylic acid groups (broad SMARTS) is 1. The van der Waals surface area contributed by atoms with Gasteiger partial charge in [0.1, 0.15) is 41.3 Å². The molecule has 2 aliphatic heterocycles. The molecule has 4 aromatic rings. The van der Waals surface area contributed by atoms with E-state index in [1.54, 1.807) is 67.6 Å². The zero-order chi connectivity index (χ0) is 59.0. The third kappa shape index (κ3) is 17.1. The van der Waals surface area contributed by atoms with Crippen molar-refractivity contribution in [3.63, 3.8) is 0 Å². The number of ketones is 2. The van der Waals surface area contributed by atoms with Crippen LogP contribution in [0, 0.1) is 25.7 Å². The summed E-state index contributed by atoms with van der Waals surface area (Å²) in [5, 5.41) is 78.6. The quantitative estimate of drug-likeness (QED) is 0.0211. The number of allylic oxidation sites excluding steroid dienone is 6. The molecular weight excluding hydrogens is 1040 g/mol. The number of ether oxygens (including phenoxy) is 8. The van der Waals surface area contributed by atoms with Gasteiger partial charge in [0.25, 0.3) is 0 Å². The van der Waals surface area contributed by atoms with Crippen molar-refractivity contribution in [2.45, 2.75) is 83.8 Å². The third-order valence-electron chi connectivity index (χ3n) is 12.6. The lowest BCUT2D eigenvalue weighted by molar-refractivity contribution is -0.271. The molecule has 0 bridgehead atoms. The highest BCUT2D eigenvalue weighted by Gasteiger charge is 2.49. The molecule has 426 valence electrons. The van der Waals surface area contributed by atoms with Crippen molar-refractivity contribution in [1.29, 1.82) is 0 Å². The van der Waals surface area contributed by atoms with E-state index in [0.717, 1.165) is 23.3 Å². The second-order valence-electron chi connectivity index (χ2n) is 18.4. The molecule has 80 heavy (non-hydrogen) atoms. The van der Waals surface area contributed by atoms with Crippen LogP contribution in [0.5, 0.6) is 34.5 Å². The van der Waals surface area contributed by atoms with Crippen LogP contribution < -0.4 is 18.9 Å². The fraction of sp³-hybridized carbons (Fsp3) is 0.305. The standard InChI is InChI=1S/C32H36O10.C27H28O11/c1-18-15-22(7-11-24(34)17-25(35)12-8-23-9-13-26(36)28(16-23)38-5)10-14-27(18)41-32-30(40-21(4)33)20(3)19(2)29(42-32)31(37)39-6;1-14-11-15(6-10-20(14)37-27-24(33)22(31)23(32)25(38-27)26(34)35)3-7-17(28)13-18(29)8-4-16-5-9-19(30)21(12-16)36-2/h7-17,19-20,29-30,32,34,36H,1-6H3;3-13,22-25,27-28,30-33H,1-2H3,(H,34,35)/b11-7+,12-8+,24-17?;7-3+,8-4+,17-13?/t19-,20-,29-,30+,32+;22-,23-,24+,25-,27+/m00/s1. The smallest absolute Gasteiger partial charge is 0.335 e. The highest BCUT2D eigenvalue weighted by molar-refractivity contribution is 6.03. The van der Waals surface area contributed by atoms with Gasteiger partial charge in [0.05, 0.1) is 21.3 Å². The molecule has 0 amide bonds. The number of rotatable bonds is 19. The number of hydrogen-bond acceptors (Lipinski definition) is 20. The number of aromatic hydroxyl groups is 2. The summed E-state index contributed by atoms with van der Waals surface area (Å²) in [5.41, 5.74) is 3.87. The average molecular weight is 1110 g/mol. The summed E-state index contributed by atoms with van der Waals surface area (Å²) in [7, 11) is 4.12. The minimum Gasteiger partial charge on any atom is -0.508 e. The second kappa shape index (κ2) is 28.8. The Labute approximate surface area is 460 Å². The highest BCUT2D eigenvalue weighted by atomic mass is 16.7. The number of carbonyl (C=O) groups is 5. The van der Waals surface area contributed by atoms with Crippen LogP contribution in [0.25, 0.3) is 24.3 Å². The Hall–Kier alpha value is -8.73. The van der Waals surface area contributed by atoms with Crippen LogP contribution in [-0.4, -0.2) is 141 Å². The number of hydrogen-bond donors (Lipinski definition) is 8. The van der Waals surface area contributed by atoms with Gasteiger partial charge in [-0.2, -0.15) is 0 Å². The second-order valence-corrected chi connectivity index (χ2v) is 18.4. The number of carbonyl (C=O) groups excluding carboxylic acids is 4. The fourth-order valence-electron chi connectivity index (χ4n) is 8.02. The first kappa shape index (κ1) is 62.1. The molecule has 0 aliphatic carbocycles. The lowest BCUT2D eigenvalue weighted by atomic mass is 9.83. The van der Waals surface area contributed by atoms with Crippen LogP contribution in [-0.2, 0) is 42.9 Å². The summed E-state index contributed by atoms with van der Waals surface area (Å²) >= 11 is 0. The molecule has 21 heteroatoms. The maximum atomic E-state index is 12.3. The zero-order valence-corrected chi connectivity index (χ0v) is 44.9. The van der Waals surface area contributed by atoms with Crippen molar-refractivity contribution in [2.75, 3.05) is 21.3 Å². The van der Waals surface area contributed by atoms with Gasteiger partial charge in [0, 0.05) is 25.0 Å². The zero-order valence-electron chi connectivity index (χ0n) is 44.9. The molecule has 0 saturated carbocycles. The summed E-state index contributed by atoms with van der Waals surface area (Å²) in [6, 6.07) is 19.2. The third-order valence-corrected chi connectivity index (χ3v) is 12.6. The Morgan fingerprint density at radius 1 is 0.525 bits per heavy atom. The molecule has 10 atom stereocenters. The molecule has 2 aliphatic rings. The van der Waals surface area contributed by atoms with Crippen molar-refractivity contribution in [3.05, 3.63) is 154 Å². The molecular formula is C59H64O21. The van der Waals surface area contributed by atoms with Crippen molar-refractivity contribution in [1.82, 2.24) is 0 Å². The number of benzene rings is 4. The lowest BCUT2D eigenvalue weighted by Crippen LogP contribution is -2.61. The van der Waals surface area contributed by atoms with Crippen molar-refractivity contribution >= 4 is 53.8 Å². The van der Waals surface area contributed by atoms with Gasteiger partial charge >= 0.3 is 17.9 Å². The van der Waals surface area contributed by atoms with Crippen LogP contribution in [0.1, 0.15) is 54.2 Å². The van der Waals surface area contributed by atoms with E-state index >= 15 is 0 Å². The van der Waals surface area contributed by atoms with E-state index in [-0.39, 0.29) is 52.1 Å². The number of carboxylic acids is 1. The monoisotopic (exact) mass is 1110 g/mol. The number of aryl methyl sites for hydroxylation is 2. The summed E-state index contributed by atoms with van der Waals surface area (Å²) in [6.45, 7) is 8.46. The van der Waals surface area contributed by atoms with Gasteiger partial charge in [-0.1, -0.05) is 62.4 Å². The predicted octanol–water partition coefficient (Wildman–Crippen LogP) is 6.65. The number of aliphatic hydroxyl groups is 5. The Morgan fingerprint density at radius 2 is 0.950 bits per heavy atom. The summed E-state index contributed by atoms with van der Waals surface area (Å²) < 4.78 is 43.1. The van der Waals surface area contributed by atoms with Crippen LogP contribution >= 0.6 is 0 Å². The number of esters is 2. The molecule has 2 fully saturated rings. The SMILES string of the molecule is COC(=O)[C@H]1O[C@@H](Oc2ccc(/C=C/C(O)=CC(=O)/C=C/c3ccc(O)c(OC)c3)cc2C)[C@H](OC(C)=O)[C@@H](C)[C@@H]1C.COc1cc(/C=C/C(=O)C=C(O)/C=C/c2ccc(O[C@@H]3O[C@H](C(=O)O)[C@@H](O)[C@H](O)[C@H]3O)c(C)c2)ccc1O. The number of phenolic OH excluding ortho intramolecular Hbond substituents is 2. The first-order valence-electron chi connectivity index (χ1n) is 24.7. The number of phenols is 2. The van der Waals surface area contributed by atoms with E-state index in [2.05, 4.69) is 0 Å².